The largest absolute Gasteiger partial charge is 0.354 e. The topological polar surface area (TPSA) is 92.6 Å². The van der Waals surface area contributed by atoms with Gasteiger partial charge in [0.1, 0.15) is 6.04 Å². The van der Waals surface area contributed by atoms with Crippen LogP contribution in [0.2, 0.25) is 0 Å². The first-order valence-corrected chi connectivity index (χ1v) is 8.88. The zero-order valence-corrected chi connectivity index (χ0v) is 14.8. The van der Waals surface area contributed by atoms with E-state index < -0.39 is 11.0 Å². The van der Waals surface area contributed by atoms with Gasteiger partial charge in [0, 0.05) is 29.5 Å². The maximum absolute atomic E-state index is 12.7. The summed E-state index contributed by atoms with van der Waals surface area (Å²) in [7, 11) is 0. The first-order valence-electron chi connectivity index (χ1n) is 7.72. The molecule has 2 rings (SSSR count). The summed E-state index contributed by atoms with van der Waals surface area (Å²) >= 11 is 1.52. The van der Waals surface area contributed by atoms with Crippen molar-refractivity contribution in [2.45, 2.75) is 26.8 Å². The molecule has 1 saturated heterocycles. The first-order chi connectivity index (χ1) is 11.3. The van der Waals surface area contributed by atoms with Gasteiger partial charge >= 0.3 is 0 Å². The van der Waals surface area contributed by atoms with Crippen molar-refractivity contribution < 1.29 is 14.5 Å². The van der Waals surface area contributed by atoms with E-state index >= 15 is 0 Å². The molecule has 8 heteroatoms. The van der Waals surface area contributed by atoms with Crippen molar-refractivity contribution >= 4 is 29.3 Å². The van der Waals surface area contributed by atoms with Crippen molar-refractivity contribution in [1.29, 1.82) is 0 Å². The number of nitro groups is 1. The number of carbonyl (C=O) groups is 2. The predicted molar refractivity (Wildman–Crippen MR) is 93.0 cm³/mol. The van der Waals surface area contributed by atoms with Gasteiger partial charge in [0.25, 0.3) is 11.6 Å². The van der Waals surface area contributed by atoms with Crippen LogP contribution >= 0.6 is 11.8 Å². The zero-order valence-electron chi connectivity index (χ0n) is 13.9. The normalized spacial score (nSPS) is 17.2. The van der Waals surface area contributed by atoms with Gasteiger partial charge < -0.3 is 10.2 Å². The highest BCUT2D eigenvalue weighted by Crippen LogP contribution is 2.25. The van der Waals surface area contributed by atoms with Gasteiger partial charge in [0.2, 0.25) is 5.91 Å². The van der Waals surface area contributed by atoms with Crippen LogP contribution in [0.1, 0.15) is 29.8 Å². The van der Waals surface area contributed by atoms with E-state index in [4.69, 9.17) is 0 Å². The average Bonchev–Trinajstić information content (AvgIpc) is 3.00. The molecule has 0 bridgehead atoms. The van der Waals surface area contributed by atoms with E-state index in [9.17, 15) is 19.7 Å². The number of benzene rings is 1. The third-order valence-electron chi connectivity index (χ3n) is 3.77. The molecule has 1 N–H and O–H groups in total. The number of thioether (sulfide) groups is 1. The van der Waals surface area contributed by atoms with Gasteiger partial charge in [-0.05, 0) is 25.0 Å². The van der Waals surface area contributed by atoms with Crippen molar-refractivity contribution in [3.8, 4) is 0 Å². The minimum absolute atomic E-state index is 0.0198. The summed E-state index contributed by atoms with van der Waals surface area (Å²) < 4.78 is 0. The smallest absolute Gasteiger partial charge is 0.272 e. The van der Waals surface area contributed by atoms with Crippen molar-refractivity contribution in [1.82, 2.24) is 10.2 Å². The molecule has 0 radical (unpaired) electrons. The molecule has 0 spiro atoms. The van der Waals surface area contributed by atoms with Crippen LogP contribution in [-0.4, -0.2) is 45.9 Å². The molecule has 1 aliphatic heterocycles. The van der Waals surface area contributed by atoms with Crippen LogP contribution < -0.4 is 5.32 Å². The number of nitrogens with one attached hydrogen (secondary N) is 1. The van der Waals surface area contributed by atoms with Crippen LogP contribution in [0, 0.1) is 23.0 Å². The van der Waals surface area contributed by atoms with E-state index in [-0.39, 0.29) is 17.5 Å². The Morgan fingerprint density at radius 2 is 2.17 bits per heavy atom. The maximum Gasteiger partial charge on any atom is 0.272 e. The highest BCUT2D eigenvalue weighted by atomic mass is 32.2. The van der Waals surface area contributed by atoms with Crippen molar-refractivity contribution in [2.24, 2.45) is 5.92 Å². The fourth-order valence-corrected chi connectivity index (χ4v) is 3.60. The summed E-state index contributed by atoms with van der Waals surface area (Å²) in [5.41, 5.74) is 0.773. The summed E-state index contributed by atoms with van der Waals surface area (Å²) in [4.78, 5) is 36.9. The Balaban J connectivity index is 2.14. The number of nitrogens with zero attached hydrogens (tertiary/aromatic N) is 2. The van der Waals surface area contributed by atoms with Crippen molar-refractivity contribution in [3.63, 3.8) is 0 Å². The van der Waals surface area contributed by atoms with E-state index in [2.05, 4.69) is 5.32 Å². The van der Waals surface area contributed by atoms with Crippen molar-refractivity contribution in [3.05, 3.63) is 39.4 Å². The molecule has 1 heterocycles. The first kappa shape index (κ1) is 18.3. The quantitative estimate of drug-likeness (QED) is 0.648. The lowest BCUT2D eigenvalue weighted by atomic mass is 10.1. The minimum Gasteiger partial charge on any atom is -0.354 e. The lowest BCUT2D eigenvalue weighted by molar-refractivity contribution is -0.385. The molecule has 2 amide bonds. The van der Waals surface area contributed by atoms with Crippen LogP contribution in [0.15, 0.2) is 18.2 Å². The SMILES string of the molecule is Cc1cc(C(=O)N2CSCC2C(=O)NCC(C)C)ccc1[N+](=O)[O-]. The van der Waals surface area contributed by atoms with Gasteiger partial charge in [-0.25, -0.2) is 0 Å². The minimum atomic E-state index is -0.503. The van der Waals surface area contributed by atoms with Gasteiger partial charge in [-0.15, -0.1) is 11.8 Å². The van der Waals surface area contributed by atoms with E-state index in [1.54, 1.807) is 6.92 Å². The number of amides is 2. The fourth-order valence-electron chi connectivity index (χ4n) is 2.44. The Kier molecular flexibility index (Phi) is 5.82. The number of hydrogen-bond donors (Lipinski definition) is 1. The molecule has 0 saturated carbocycles. The molecule has 0 aliphatic carbocycles. The van der Waals surface area contributed by atoms with Crippen LogP contribution in [0.4, 0.5) is 5.69 Å². The van der Waals surface area contributed by atoms with Crippen LogP contribution in [0.25, 0.3) is 0 Å². The second-order valence-corrected chi connectivity index (χ2v) is 7.19. The fraction of sp³-hybridized carbons (Fsp3) is 0.500. The van der Waals surface area contributed by atoms with Crippen LogP contribution in [-0.2, 0) is 4.79 Å². The Labute approximate surface area is 144 Å². The van der Waals surface area contributed by atoms with E-state index in [1.165, 1.54) is 34.9 Å². The number of nitro benzene ring substituents is 1. The van der Waals surface area contributed by atoms with Gasteiger partial charge in [0.15, 0.2) is 0 Å². The lowest BCUT2D eigenvalue weighted by Gasteiger charge is -2.23. The van der Waals surface area contributed by atoms with Gasteiger partial charge in [-0.2, -0.15) is 0 Å². The molecule has 7 nitrogen and oxygen atoms in total. The lowest BCUT2D eigenvalue weighted by Crippen LogP contribution is -2.48. The molecule has 1 fully saturated rings. The van der Waals surface area contributed by atoms with E-state index in [1.807, 2.05) is 13.8 Å². The third kappa shape index (κ3) is 4.05. The third-order valence-corrected chi connectivity index (χ3v) is 4.78. The molecule has 0 aromatic heterocycles. The highest BCUT2D eigenvalue weighted by molar-refractivity contribution is 7.99. The number of rotatable bonds is 5. The molecule has 1 aromatic rings. The molecular weight excluding hydrogens is 330 g/mol. The Bertz CT molecular complexity index is 663. The van der Waals surface area contributed by atoms with Crippen LogP contribution in [0.3, 0.4) is 0 Å². The molecule has 1 atom stereocenters. The number of carbonyl (C=O) groups excluding carboxylic acids is 2. The number of aryl methyl sites for hydroxylation is 1. The predicted octanol–water partition coefficient (Wildman–Crippen LogP) is 2.19. The summed E-state index contributed by atoms with van der Waals surface area (Å²) in [5.74, 6) is 0.906. The summed E-state index contributed by atoms with van der Waals surface area (Å²) in [6.45, 7) is 6.18. The monoisotopic (exact) mass is 351 g/mol. The zero-order chi connectivity index (χ0) is 17.9. The number of hydrogen-bond acceptors (Lipinski definition) is 5. The summed E-state index contributed by atoms with van der Waals surface area (Å²) in [6.07, 6.45) is 0. The molecule has 1 aromatic carbocycles. The average molecular weight is 351 g/mol. The molecule has 1 unspecified atom stereocenters. The van der Waals surface area contributed by atoms with Crippen LogP contribution in [0.5, 0.6) is 0 Å². The van der Waals surface area contributed by atoms with Gasteiger partial charge in [0.05, 0.1) is 10.8 Å². The highest BCUT2D eigenvalue weighted by Gasteiger charge is 2.35. The second kappa shape index (κ2) is 7.65. The Morgan fingerprint density at radius 3 is 2.75 bits per heavy atom. The molecular formula is C16H21N3O4S. The van der Waals surface area contributed by atoms with Gasteiger partial charge in [-0.3, -0.25) is 19.7 Å². The Morgan fingerprint density at radius 1 is 1.46 bits per heavy atom. The maximum atomic E-state index is 12.7. The van der Waals surface area contributed by atoms with Crippen molar-refractivity contribution in [2.75, 3.05) is 18.2 Å². The molecule has 1 aliphatic rings. The Hall–Kier alpha value is -2.09. The summed E-state index contributed by atoms with van der Waals surface area (Å²) in [6, 6.07) is 3.78. The molecule has 130 valence electrons. The standard InChI is InChI=1S/C16H21N3O4S/c1-10(2)7-17-15(20)14-8-24-9-18(14)16(21)12-4-5-13(19(22)23)11(3)6-12/h4-6,10,14H,7-9H2,1-3H3,(H,17,20). The summed E-state index contributed by atoms with van der Waals surface area (Å²) in [5, 5.41) is 13.7. The molecule has 24 heavy (non-hydrogen) atoms. The van der Waals surface area contributed by atoms with Gasteiger partial charge in [-0.1, -0.05) is 13.8 Å². The van der Waals surface area contributed by atoms with E-state index in [0.717, 1.165) is 0 Å². The van der Waals surface area contributed by atoms with E-state index in [0.29, 0.717) is 35.2 Å². The second-order valence-electron chi connectivity index (χ2n) is 6.19.